The molecular weight excluding hydrogens is 350 g/mol. The third-order valence-electron chi connectivity index (χ3n) is 3.78. The first-order chi connectivity index (χ1) is 12.5. The number of hydrogen-bond acceptors (Lipinski definition) is 3. The minimum atomic E-state index is -0.363. The number of aryl methyl sites for hydroxylation is 1. The number of methoxy groups -OCH3 is 1. The van der Waals surface area contributed by atoms with Crippen LogP contribution in [0.5, 0.6) is 5.75 Å². The molecule has 0 unspecified atom stereocenters. The van der Waals surface area contributed by atoms with Crippen LogP contribution in [-0.4, -0.2) is 18.1 Å². The van der Waals surface area contributed by atoms with Crippen LogP contribution < -0.4 is 15.4 Å². The summed E-state index contributed by atoms with van der Waals surface area (Å²) in [7, 11) is 1.52. The van der Waals surface area contributed by atoms with Gasteiger partial charge < -0.3 is 15.4 Å². The molecule has 132 valence electrons. The summed E-state index contributed by atoms with van der Waals surface area (Å²) in [4.78, 5) is 16.4. The summed E-state index contributed by atoms with van der Waals surface area (Å²) in [6.45, 7) is 1.95. The number of nitrogens with zero attached hydrogens (tertiary/aromatic N) is 1. The van der Waals surface area contributed by atoms with Crippen molar-refractivity contribution in [2.45, 2.75) is 6.92 Å². The predicted molar refractivity (Wildman–Crippen MR) is 105 cm³/mol. The fourth-order valence-electron chi connectivity index (χ4n) is 2.52. The summed E-state index contributed by atoms with van der Waals surface area (Å²) in [6.07, 6.45) is 1.78. The first kappa shape index (κ1) is 17.8. The zero-order valence-corrected chi connectivity index (χ0v) is 15.2. The Bertz CT molecular complexity index is 927. The summed E-state index contributed by atoms with van der Waals surface area (Å²) in [5, 5.41) is 6.08. The highest BCUT2D eigenvalue weighted by molar-refractivity contribution is 6.30. The first-order valence-electron chi connectivity index (χ1n) is 8.00. The number of nitrogens with one attached hydrogen (secondary N) is 2. The molecule has 0 atom stereocenters. The topological polar surface area (TPSA) is 63.2 Å². The Morgan fingerprint density at radius 3 is 2.46 bits per heavy atom. The quantitative estimate of drug-likeness (QED) is 0.652. The maximum absolute atomic E-state index is 12.2. The predicted octanol–water partition coefficient (Wildman–Crippen LogP) is 5.36. The minimum absolute atomic E-state index is 0.363. The van der Waals surface area contributed by atoms with E-state index in [0.717, 1.165) is 16.8 Å². The lowest BCUT2D eigenvalue weighted by Crippen LogP contribution is -2.19. The average Bonchev–Trinajstić information content (AvgIpc) is 2.63. The Hall–Kier alpha value is -3.05. The molecule has 2 N–H and O–H groups in total. The van der Waals surface area contributed by atoms with E-state index in [0.29, 0.717) is 22.1 Å². The molecule has 5 nitrogen and oxygen atoms in total. The van der Waals surface area contributed by atoms with Gasteiger partial charge in [-0.05, 0) is 54.4 Å². The third kappa shape index (κ3) is 4.32. The second kappa shape index (κ2) is 7.89. The maximum Gasteiger partial charge on any atom is 0.323 e. The van der Waals surface area contributed by atoms with Gasteiger partial charge in [0.25, 0.3) is 0 Å². The molecule has 2 amide bonds. The van der Waals surface area contributed by atoms with E-state index in [2.05, 4.69) is 15.6 Å². The Morgan fingerprint density at radius 1 is 1.00 bits per heavy atom. The van der Waals surface area contributed by atoms with E-state index in [4.69, 9.17) is 16.3 Å². The zero-order chi connectivity index (χ0) is 18.5. The van der Waals surface area contributed by atoms with Gasteiger partial charge in [-0.25, -0.2) is 4.79 Å². The number of carbonyl (C=O) groups excluding carboxylic acids is 1. The molecule has 2 aromatic carbocycles. The first-order valence-corrected chi connectivity index (χ1v) is 8.37. The van der Waals surface area contributed by atoms with Gasteiger partial charge in [0.2, 0.25) is 0 Å². The standard InChI is InChI=1S/C20H18ClN3O2/c1-13-11-15(9-10-22-13)14-3-6-17(7-4-14)23-20(25)24-18-8-5-16(21)12-19(18)26-2/h3-12H,1-2H3,(H2,23,24,25). The van der Waals surface area contributed by atoms with Crippen LogP contribution in [0, 0.1) is 6.92 Å². The van der Waals surface area contributed by atoms with Crippen molar-refractivity contribution in [2.24, 2.45) is 0 Å². The molecule has 0 spiro atoms. The van der Waals surface area contributed by atoms with E-state index < -0.39 is 0 Å². The van der Waals surface area contributed by atoms with Crippen LogP contribution in [0.15, 0.2) is 60.8 Å². The van der Waals surface area contributed by atoms with Gasteiger partial charge in [-0.15, -0.1) is 0 Å². The van der Waals surface area contributed by atoms with Crippen molar-refractivity contribution in [1.29, 1.82) is 0 Å². The molecule has 1 heterocycles. The highest BCUT2D eigenvalue weighted by atomic mass is 35.5. The summed E-state index contributed by atoms with van der Waals surface area (Å²) < 4.78 is 5.22. The van der Waals surface area contributed by atoms with Gasteiger partial charge in [0.15, 0.2) is 0 Å². The van der Waals surface area contributed by atoms with Gasteiger partial charge in [0.05, 0.1) is 12.8 Å². The number of anilines is 2. The number of rotatable bonds is 4. The van der Waals surface area contributed by atoms with Crippen molar-refractivity contribution in [3.8, 4) is 16.9 Å². The maximum atomic E-state index is 12.2. The van der Waals surface area contributed by atoms with Gasteiger partial charge in [-0.1, -0.05) is 23.7 Å². The van der Waals surface area contributed by atoms with Gasteiger partial charge in [0, 0.05) is 28.7 Å². The number of hydrogen-bond donors (Lipinski definition) is 2. The molecule has 3 aromatic rings. The van der Waals surface area contributed by atoms with Crippen LogP contribution in [0.4, 0.5) is 16.2 Å². The van der Waals surface area contributed by atoms with Gasteiger partial charge >= 0.3 is 6.03 Å². The molecule has 3 rings (SSSR count). The normalized spacial score (nSPS) is 10.3. The van der Waals surface area contributed by atoms with Crippen LogP contribution in [0.1, 0.15) is 5.69 Å². The molecule has 0 aliphatic heterocycles. The van der Waals surface area contributed by atoms with E-state index in [-0.39, 0.29) is 6.03 Å². The number of amides is 2. The lowest BCUT2D eigenvalue weighted by molar-refractivity contribution is 0.262. The van der Waals surface area contributed by atoms with Crippen LogP contribution in [0.3, 0.4) is 0 Å². The smallest absolute Gasteiger partial charge is 0.323 e. The van der Waals surface area contributed by atoms with Crippen molar-refractivity contribution in [3.63, 3.8) is 0 Å². The van der Waals surface area contributed by atoms with Gasteiger partial charge in [-0.3, -0.25) is 4.98 Å². The largest absolute Gasteiger partial charge is 0.495 e. The minimum Gasteiger partial charge on any atom is -0.495 e. The highest BCUT2D eigenvalue weighted by Gasteiger charge is 2.08. The van der Waals surface area contributed by atoms with E-state index in [1.807, 2.05) is 43.3 Å². The second-order valence-corrected chi connectivity index (χ2v) is 6.12. The summed E-state index contributed by atoms with van der Waals surface area (Å²) >= 11 is 5.92. The van der Waals surface area contributed by atoms with E-state index in [9.17, 15) is 4.79 Å². The Labute approximate surface area is 157 Å². The molecule has 0 radical (unpaired) electrons. The Balaban J connectivity index is 1.68. The van der Waals surface area contributed by atoms with Crippen LogP contribution in [0.2, 0.25) is 5.02 Å². The van der Waals surface area contributed by atoms with Crippen molar-refractivity contribution in [3.05, 3.63) is 71.5 Å². The summed E-state index contributed by atoms with van der Waals surface area (Å²) in [5.41, 5.74) is 4.32. The summed E-state index contributed by atoms with van der Waals surface area (Å²) in [6, 6.07) is 16.2. The molecule has 0 aliphatic rings. The molecule has 6 heteroatoms. The van der Waals surface area contributed by atoms with Gasteiger partial charge in [-0.2, -0.15) is 0 Å². The monoisotopic (exact) mass is 367 g/mol. The number of carbonyl (C=O) groups is 1. The van der Waals surface area contributed by atoms with Crippen molar-refractivity contribution < 1.29 is 9.53 Å². The van der Waals surface area contributed by atoms with Crippen molar-refractivity contribution >= 4 is 29.0 Å². The second-order valence-electron chi connectivity index (χ2n) is 5.69. The van der Waals surface area contributed by atoms with Crippen LogP contribution >= 0.6 is 11.6 Å². The molecular formula is C20H18ClN3O2. The average molecular weight is 368 g/mol. The van der Waals surface area contributed by atoms with Crippen LogP contribution in [-0.2, 0) is 0 Å². The molecule has 0 aliphatic carbocycles. The SMILES string of the molecule is COc1cc(Cl)ccc1NC(=O)Nc1ccc(-c2ccnc(C)c2)cc1. The zero-order valence-electron chi connectivity index (χ0n) is 14.4. The number of benzene rings is 2. The van der Waals surface area contributed by atoms with E-state index >= 15 is 0 Å². The molecule has 1 aromatic heterocycles. The number of halogens is 1. The Kier molecular flexibility index (Phi) is 5.39. The fourth-order valence-corrected chi connectivity index (χ4v) is 2.69. The lowest BCUT2D eigenvalue weighted by Gasteiger charge is -2.12. The third-order valence-corrected chi connectivity index (χ3v) is 4.02. The van der Waals surface area contributed by atoms with E-state index in [1.165, 1.54) is 7.11 Å². The van der Waals surface area contributed by atoms with Crippen molar-refractivity contribution in [1.82, 2.24) is 4.98 Å². The summed E-state index contributed by atoms with van der Waals surface area (Å²) in [5.74, 6) is 0.496. The number of aromatic nitrogens is 1. The Morgan fingerprint density at radius 2 is 1.77 bits per heavy atom. The van der Waals surface area contributed by atoms with Crippen LogP contribution in [0.25, 0.3) is 11.1 Å². The van der Waals surface area contributed by atoms with Crippen molar-refractivity contribution in [2.75, 3.05) is 17.7 Å². The number of urea groups is 1. The fraction of sp³-hybridized carbons (Fsp3) is 0.100. The molecule has 0 saturated heterocycles. The number of ether oxygens (including phenoxy) is 1. The molecule has 0 saturated carbocycles. The molecule has 26 heavy (non-hydrogen) atoms. The lowest BCUT2D eigenvalue weighted by atomic mass is 10.1. The van der Waals surface area contributed by atoms with E-state index in [1.54, 1.807) is 24.4 Å². The molecule has 0 bridgehead atoms. The highest BCUT2D eigenvalue weighted by Crippen LogP contribution is 2.28. The molecule has 0 fully saturated rings. The van der Waals surface area contributed by atoms with Gasteiger partial charge in [0.1, 0.15) is 5.75 Å². The number of pyridine rings is 1.